The van der Waals surface area contributed by atoms with Crippen molar-refractivity contribution in [1.29, 1.82) is 0 Å². The first-order valence-corrected chi connectivity index (χ1v) is 12.3. The monoisotopic (exact) mass is 450 g/mol. The van der Waals surface area contributed by atoms with Gasteiger partial charge in [-0.05, 0) is 38.0 Å². The van der Waals surface area contributed by atoms with Crippen LogP contribution in [0.5, 0.6) is 0 Å². The summed E-state index contributed by atoms with van der Waals surface area (Å²) in [5, 5.41) is 2.85. The highest BCUT2D eigenvalue weighted by Gasteiger charge is 2.35. The molecule has 3 fully saturated rings. The number of nitrogens with one attached hydrogen (secondary N) is 1. The molecule has 0 radical (unpaired) electrons. The third-order valence-corrected chi connectivity index (χ3v) is 8.08. The number of piperazine rings is 1. The summed E-state index contributed by atoms with van der Waals surface area (Å²) in [6.45, 7) is 5.83. The van der Waals surface area contributed by atoms with E-state index in [4.69, 9.17) is 4.74 Å². The molecule has 31 heavy (non-hydrogen) atoms. The van der Waals surface area contributed by atoms with Crippen LogP contribution in [0.2, 0.25) is 0 Å². The number of carbonyl (C=O) groups excluding carboxylic acids is 2. The lowest BCUT2D eigenvalue weighted by Crippen LogP contribution is -2.54. The Morgan fingerprint density at radius 3 is 2.39 bits per heavy atom. The molecule has 2 aliphatic heterocycles. The number of hydrogen-bond donors (Lipinski definition) is 1. The first-order chi connectivity index (χ1) is 14.9. The smallest absolute Gasteiger partial charge is 0.243 e. The molecule has 1 aromatic rings. The summed E-state index contributed by atoms with van der Waals surface area (Å²) in [7, 11) is -3.62. The Balaban J connectivity index is 1.35. The summed E-state index contributed by atoms with van der Waals surface area (Å²) in [4.78, 5) is 29.1. The fraction of sp³-hybridized carbons (Fsp3) is 0.619. The largest absolute Gasteiger partial charge is 0.379 e. The van der Waals surface area contributed by atoms with Gasteiger partial charge in [-0.3, -0.25) is 14.5 Å². The maximum absolute atomic E-state index is 12.9. The number of anilines is 1. The molecule has 0 unspecified atom stereocenters. The van der Waals surface area contributed by atoms with Gasteiger partial charge >= 0.3 is 0 Å². The summed E-state index contributed by atoms with van der Waals surface area (Å²) in [5.41, 5.74) is 0.453. The van der Waals surface area contributed by atoms with Crippen molar-refractivity contribution in [2.24, 2.45) is 5.92 Å². The van der Waals surface area contributed by atoms with Crippen LogP contribution in [0.25, 0.3) is 0 Å². The number of morpholine rings is 1. The van der Waals surface area contributed by atoms with Crippen molar-refractivity contribution in [2.75, 3.05) is 57.8 Å². The van der Waals surface area contributed by atoms with Crippen LogP contribution in [0.3, 0.4) is 0 Å². The molecule has 1 aromatic carbocycles. The zero-order valence-electron chi connectivity index (χ0n) is 17.8. The fourth-order valence-corrected chi connectivity index (χ4v) is 5.46. The molecule has 10 heteroatoms. The van der Waals surface area contributed by atoms with Crippen LogP contribution in [-0.2, 0) is 24.3 Å². The number of sulfonamides is 1. The highest BCUT2D eigenvalue weighted by Crippen LogP contribution is 2.31. The third kappa shape index (κ3) is 5.08. The summed E-state index contributed by atoms with van der Waals surface area (Å²) in [6, 6.07) is 5.99. The summed E-state index contributed by atoms with van der Waals surface area (Å²) < 4.78 is 32.4. The quantitative estimate of drug-likeness (QED) is 0.681. The van der Waals surface area contributed by atoms with Gasteiger partial charge in [0.1, 0.15) is 0 Å². The number of ether oxygens (including phenoxy) is 1. The molecule has 1 aliphatic carbocycles. The highest BCUT2D eigenvalue weighted by molar-refractivity contribution is 7.89. The fourth-order valence-electron chi connectivity index (χ4n) is 4.00. The predicted octanol–water partition coefficient (Wildman–Crippen LogP) is 0.589. The molecule has 1 N–H and O–H groups in total. The van der Waals surface area contributed by atoms with Gasteiger partial charge in [0.05, 0.1) is 24.2 Å². The van der Waals surface area contributed by atoms with Crippen LogP contribution in [0, 0.1) is 5.92 Å². The Hall–Kier alpha value is -2.01. The average molecular weight is 451 g/mol. The minimum atomic E-state index is -3.62. The summed E-state index contributed by atoms with van der Waals surface area (Å²) in [5.74, 6) is 0.270. The van der Waals surface area contributed by atoms with Crippen molar-refractivity contribution in [3.8, 4) is 0 Å². The lowest BCUT2D eigenvalue weighted by Gasteiger charge is -2.37. The predicted molar refractivity (Wildman–Crippen MR) is 115 cm³/mol. The molecule has 0 bridgehead atoms. The lowest BCUT2D eigenvalue weighted by atomic mass is 10.2. The van der Waals surface area contributed by atoms with Gasteiger partial charge in [-0.2, -0.15) is 4.31 Å². The molecule has 0 spiro atoms. The van der Waals surface area contributed by atoms with E-state index < -0.39 is 10.0 Å². The lowest BCUT2D eigenvalue weighted by molar-refractivity contribution is -0.135. The van der Waals surface area contributed by atoms with Crippen molar-refractivity contribution in [3.05, 3.63) is 24.3 Å². The van der Waals surface area contributed by atoms with E-state index in [1.54, 1.807) is 18.2 Å². The Bertz CT molecular complexity index is 919. The second-order valence-electron chi connectivity index (χ2n) is 8.35. The number of hydrogen-bond acceptors (Lipinski definition) is 6. The van der Waals surface area contributed by atoms with Gasteiger partial charge in [-0.1, -0.05) is 6.07 Å². The molecular formula is C21H30N4O5S. The molecule has 4 rings (SSSR count). The van der Waals surface area contributed by atoms with E-state index in [1.165, 1.54) is 10.4 Å². The van der Waals surface area contributed by atoms with Gasteiger partial charge < -0.3 is 15.0 Å². The average Bonchev–Trinajstić information content (AvgIpc) is 3.64. The molecule has 3 aliphatic rings. The van der Waals surface area contributed by atoms with E-state index in [-0.39, 0.29) is 28.7 Å². The van der Waals surface area contributed by atoms with Gasteiger partial charge in [0.25, 0.3) is 0 Å². The van der Waals surface area contributed by atoms with E-state index >= 15 is 0 Å². The van der Waals surface area contributed by atoms with Crippen LogP contribution in [-0.4, -0.2) is 92.9 Å². The Kier molecular flexibility index (Phi) is 6.61. The number of nitrogens with zero attached hydrogens (tertiary/aromatic N) is 3. The molecule has 1 atom stereocenters. The standard InChI is InChI=1S/C21H30N4O5S/c1-16(23-7-9-24(10-8-23)21(27)17-5-6-17)20(26)22-18-3-2-4-19(15-18)31(28,29)25-11-13-30-14-12-25/h2-4,15-17H,5-14H2,1H3,(H,22,26)/t16-/m0/s1. The second-order valence-corrected chi connectivity index (χ2v) is 10.3. The number of benzene rings is 1. The molecular weight excluding hydrogens is 420 g/mol. The number of amides is 2. The minimum absolute atomic E-state index is 0.159. The van der Waals surface area contributed by atoms with Crippen molar-refractivity contribution in [1.82, 2.24) is 14.1 Å². The maximum atomic E-state index is 12.9. The van der Waals surface area contributed by atoms with Gasteiger partial charge in [-0.15, -0.1) is 0 Å². The molecule has 2 amide bonds. The Morgan fingerprint density at radius 1 is 1.06 bits per heavy atom. The zero-order chi connectivity index (χ0) is 22.0. The Morgan fingerprint density at radius 2 is 1.74 bits per heavy atom. The molecule has 2 saturated heterocycles. The van der Waals surface area contributed by atoms with E-state index in [9.17, 15) is 18.0 Å². The van der Waals surface area contributed by atoms with Gasteiger partial charge in [0.15, 0.2) is 0 Å². The van der Waals surface area contributed by atoms with Crippen LogP contribution < -0.4 is 5.32 Å². The molecule has 0 aromatic heterocycles. The van der Waals surface area contributed by atoms with Crippen molar-refractivity contribution in [2.45, 2.75) is 30.7 Å². The van der Waals surface area contributed by atoms with E-state index in [0.29, 0.717) is 58.2 Å². The maximum Gasteiger partial charge on any atom is 0.243 e. The number of carbonyl (C=O) groups is 2. The topological polar surface area (TPSA) is 99.3 Å². The van der Waals surface area contributed by atoms with E-state index in [1.807, 2.05) is 11.8 Å². The molecule has 170 valence electrons. The van der Waals surface area contributed by atoms with Crippen LogP contribution in [0.1, 0.15) is 19.8 Å². The molecule has 2 heterocycles. The minimum Gasteiger partial charge on any atom is -0.379 e. The first kappa shape index (κ1) is 22.2. The SMILES string of the molecule is C[C@@H](C(=O)Nc1cccc(S(=O)(=O)N2CCOCC2)c1)N1CCN(C(=O)C2CC2)CC1. The third-order valence-electron chi connectivity index (χ3n) is 6.19. The summed E-state index contributed by atoms with van der Waals surface area (Å²) >= 11 is 0. The van der Waals surface area contributed by atoms with Crippen LogP contribution in [0.4, 0.5) is 5.69 Å². The second kappa shape index (κ2) is 9.23. The van der Waals surface area contributed by atoms with Gasteiger partial charge in [0.2, 0.25) is 21.8 Å². The van der Waals surface area contributed by atoms with Crippen molar-refractivity contribution >= 4 is 27.5 Å². The number of rotatable bonds is 6. The van der Waals surface area contributed by atoms with Crippen LogP contribution >= 0.6 is 0 Å². The highest BCUT2D eigenvalue weighted by atomic mass is 32.2. The summed E-state index contributed by atoms with van der Waals surface area (Å²) in [6.07, 6.45) is 2.00. The van der Waals surface area contributed by atoms with Gasteiger partial charge in [0, 0.05) is 50.9 Å². The van der Waals surface area contributed by atoms with E-state index in [0.717, 1.165) is 12.8 Å². The molecule has 9 nitrogen and oxygen atoms in total. The van der Waals surface area contributed by atoms with E-state index in [2.05, 4.69) is 10.2 Å². The van der Waals surface area contributed by atoms with Gasteiger partial charge in [-0.25, -0.2) is 8.42 Å². The molecule has 1 saturated carbocycles. The normalized spacial score (nSPS) is 22.2. The van der Waals surface area contributed by atoms with Crippen molar-refractivity contribution < 1.29 is 22.7 Å². The first-order valence-electron chi connectivity index (χ1n) is 10.9. The zero-order valence-corrected chi connectivity index (χ0v) is 18.6. The van der Waals surface area contributed by atoms with Crippen LogP contribution in [0.15, 0.2) is 29.2 Å². The van der Waals surface area contributed by atoms with Crippen molar-refractivity contribution in [3.63, 3.8) is 0 Å². The Labute approximate surface area is 183 Å².